The zero-order valence-corrected chi connectivity index (χ0v) is 19.0. The number of furan rings is 1. The fourth-order valence-corrected chi connectivity index (χ4v) is 4.21. The highest BCUT2D eigenvalue weighted by Crippen LogP contribution is 2.34. The van der Waals surface area contributed by atoms with E-state index in [1.807, 2.05) is 49.4 Å². The lowest BCUT2D eigenvalue weighted by atomic mass is 10.1. The van der Waals surface area contributed by atoms with Crippen molar-refractivity contribution in [2.75, 3.05) is 6.79 Å². The summed E-state index contributed by atoms with van der Waals surface area (Å²) in [5.41, 5.74) is 2.73. The summed E-state index contributed by atoms with van der Waals surface area (Å²) in [5, 5.41) is 5.89. The van der Waals surface area contributed by atoms with E-state index in [1.165, 1.54) is 4.68 Å². The van der Waals surface area contributed by atoms with Crippen molar-refractivity contribution in [3.8, 4) is 23.1 Å². The molecule has 33 heavy (non-hydrogen) atoms. The van der Waals surface area contributed by atoms with E-state index in [0.29, 0.717) is 39.6 Å². The van der Waals surface area contributed by atoms with Gasteiger partial charge in [-0.3, -0.25) is 4.79 Å². The summed E-state index contributed by atoms with van der Waals surface area (Å²) in [6.07, 6.45) is 1.62. The molecule has 0 unspecified atom stereocenters. The van der Waals surface area contributed by atoms with Crippen LogP contribution in [0, 0.1) is 6.92 Å². The van der Waals surface area contributed by atoms with Gasteiger partial charge in [0, 0.05) is 15.4 Å². The zero-order valence-electron chi connectivity index (χ0n) is 17.4. The Balaban J connectivity index is 1.55. The SMILES string of the molecule is Cc1cc2c(cc1C=Nn1c(-c3cc4cc(Br)ccc4o3)nc3ccccc3c1=O)OCO2. The van der Waals surface area contributed by atoms with Crippen LogP contribution in [-0.2, 0) is 0 Å². The first-order chi connectivity index (χ1) is 16.1. The molecular formula is C25H16BrN3O4. The fraction of sp³-hybridized carbons (Fsp3) is 0.0800. The molecule has 7 nitrogen and oxygen atoms in total. The van der Waals surface area contributed by atoms with Gasteiger partial charge in [0.25, 0.3) is 5.56 Å². The second-order valence-electron chi connectivity index (χ2n) is 7.67. The summed E-state index contributed by atoms with van der Waals surface area (Å²) in [5.74, 6) is 2.11. The molecule has 1 aliphatic rings. The van der Waals surface area contributed by atoms with Crippen LogP contribution in [0.2, 0.25) is 0 Å². The summed E-state index contributed by atoms with van der Waals surface area (Å²) in [6, 6.07) is 18.5. The van der Waals surface area contributed by atoms with E-state index in [2.05, 4.69) is 21.0 Å². The maximum Gasteiger partial charge on any atom is 0.282 e. The molecule has 0 saturated carbocycles. The molecule has 162 valence electrons. The molecule has 6 rings (SSSR count). The van der Waals surface area contributed by atoms with Gasteiger partial charge in [-0.2, -0.15) is 9.78 Å². The van der Waals surface area contributed by atoms with Crippen LogP contribution in [0.3, 0.4) is 0 Å². The first kappa shape index (κ1) is 19.8. The van der Waals surface area contributed by atoms with Gasteiger partial charge in [0.2, 0.25) is 12.6 Å². The van der Waals surface area contributed by atoms with Crippen LogP contribution in [-0.4, -0.2) is 22.7 Å². The third kappa shape index (κ3) is 3.39. The minimum absolute atomic E-state index is 0.190. The molecule has 3 heterocycles. The first-order valence-corrected chi connectivity index (χ1v) is 11.0. The van der Waals surface area contributed by atoms with Gasteiger partial charge >= 0.3 is 0 Å². The summed E-state index contributed by atoms with van der Waals surface area (Å²) in [7, 11) is 0. The first-order valence-electron chi connectivity index (χ1n) is 10.2. The molecule has 1 aliphatic heterocycles. The normalized spacial score (nSPS) is 12.9. The summed E-state index contributed by atoms with van der Waals surface area (Å²) < 4.78 is 19.2. The van der Waals surface area contributed by atoms with Crippen LogP contribution in [0.4, 0.5) is 0 Å². The Bertz CT molecular complexity index is 1650. The number of rotatable bonds is 3. The van der Waals surface area contributed by atoms with Crippen molar-refractivity contribution in [1.29, 1.82) is 0 Å². The molecule has 0 amide bonds. The van der Waals surface area contributed by atoms with E-state index in [4.69, 9.17) is 18.9 Å². The Morgan fingerprint density at radius 2 is 1.88 bits per heavy atom. The van der Waals surface area contributed by atoms with E-state index >= 15 is 0 Å². The Kier molecular flexibility index (Phi) is 4.55. The van der Waals surface area contributed by atoms with Gasteiger partial charge in [-0.05, 0) is 61.0 Å². The van der Waals surface area contributed by atoms with Gasteiger partial charge in [-0.15, -0.1) is 0 Å². The van der Waals surface area contributed by atoms with Gasteiger partial charge in [0.05, 0.1) is 17.1 Å². The summed E-state index contributed by atoms with van der Waals surface area (Å²) in [4.78, 5) is 18.1. The zero-order chi connectivity index (χ0) is 22.5. The van der Waals surface area contributed by atoms with Crippen molar-refractivity contribution in [3.05, 3.63) is 86.6 Å². The standard InChI is InChI=1S/C25H16BrN3O4/c1-14-8-21-22(32-13-31-21)11-16(14)12-27-29-24(28-19-5-3-2-4-18(19)25(29)30)23-10-15-9-17(26)6-7-20(15)33-23/h2-12H,13H2,1H3. The lowest BCUT2D eigenvalue weighted by Crippen LogP contribution is -2.20. The minimum atomic E-state index is -0.285. The third-order valence-corrected chi connectivity index (χ3v) is 6.02. The number of hydrogen-bond donors (Lipinski definition) is 0. The van der Waals surface area contributed by atoms with Crippen molar-refractivity contribution in [2.24, 2.45) is 5.10 Å². The Labute approximate surface area is 196 Å². The molecule has 0 radical (unpaired) electrons. The smallest absolute Gasteiger partial charge is 0.282 e. The number of ether oxygens (including phenoxy) is 2. The van der Waals surface area contributed by atoms with Crippen molar-refractivity contribution in [2.45, 2.75) is 6.92 Å². The number of aryl methyl sites for hydroxylation is 1. The number of fused-ring (bicyclic) bond motifs is 3. The van der Waals surface area contributed by atoms with Gasteiger partial charge in [0.15, 0.2) is 17.3 Å². The second-order valence-corrected chi connectivity index (χ2v) is 8.58. The molecule has 0 spiro atoms. The predicted octanol–water partition coefficient (Wildman–Crippen LogP) is 5.49. The average Bonchev–Trinajstić information content (AvgIpc) is 3.44. The third-order valence-electron chi connectivity index (χ3n) is 5.53. The number of benzene rings is 3. The van der Waals surface area contributed by atoms with Crippen LogP contribution in [0.15, 0.2) is 79.4 Å². The van der Waals surface area contributed by atoms with Crippen LogP contribution < -0.4 is 15.0 Å². The molecule has 0 saturated heterocycles. The van der Waals surface area contributed by atoms with Crippen LogP contribution >= 0.6 is 15.9 Å². The molecule has 0 atom stereocenters. The van der Waals surface area contributed by atoms with Gasteiger partial charge in [0.1, 0.15) is 5.58 Å². The number of halogens is 1. The number of aromatic nitrogens is 2. The summed E-state index contributed by atoms with van der Waals surface area (Å²) >= 11 is 3.48. The maximum atomic E-state index is 13.4. The van der Waals surface area contributed by atoms with E-state index in [-0.39, 0.29) is 12.4 Å². The van der Waals surface area contributed by atoms with E-state index in [9.17, 15) is 4.79 Å². The van der Waals surface area contributed by atoms with Crippen LogP contribution in [0.1, 0.15) is 11.1 Å². The average molecular weight is 502 g/mol. The minimum Gasteiger partial charge on any atom is -0.454 e. The van der Waals surface area contributed by atoms with Gasteiger partial charge in [-0.1, -0.05) is 28.1 Å². The molecule has 0 N–H and O–H groups in total. The lowest BCUT2D eigenvalue weighted by Gasteiger charge is -2.08. The topological polar surface area (TPSA) is 78.9 Å². The van der Waals surface area contributed by atoms with E-state index < -0.39 is 0 Å². The number of para-hydroxylation sites is 1. The maximum absolute atomic E-state index is 13.4. The van der Waals surface area contributed by atoms with Crippen LogP contribution in [0.5, 0.6) is 11.5 Å². The molecular weight excluding hydrogens is 486 g/mol. The molecule has 0 bridgehead atoms. The van der Waals surface area contributed by atoms with Crippen LogP contribution in [0.25, 0.3) is 33.5 Å². The van der Waals surface area contributed by atoms with E-state index in [0.717, 1.165) is 21.0 Å². The highest BCUT2D eigenvalue weighted by atomic mass is 79.9. The predicted molar refractivity (Wildman–Crippen MR) is 129 cm³/mol. The second kappa shape index (κ2) is 7.60. The lowest BCUT2D eigenvalue weighted by molar-refractivity contribution is 0.174. The van der Waals surface area contributed by atoms with Crippen molar-refractivity contribution in [1.82, 2.24) is 9.66 Å². The monoisotopic (exact) mass is 501 g/mol. The fourth-order valence-electron chi connectivity index (χ4n) is 3.83. The molecule has 3 aromatic carbocycles. The molecule has 2 aromatic heterocycles. The number of nitrogens with zero attached hydrogens (tertiary/aromatic N) is 3. The Hall–Kier alpha value is -3.91. The molecule has 8 heteroatoms. The molecule has 5 aromatic rings. The highest BCUT2D eigenvalue weighted by molar-refractivity contribution is 9.10. The number of hydrogen-bond acceptors (Lipinski definition) is 6. The quantitative estimate of drug-likeness (QED) is 0.305. The van der Waals surface area contributed by atoms with Gasteiger partial charge in [-0.25, -0.2) is 4.98 Å². The van der Waals surface area contributed by atoms with Crippen molar-refractivity contribution in [3.63, 3.8) is 0 Å². The Morgan fingerprint density at radius 3 is 2.76 bits per heavy atom. The summed E-state index contributed by atoms with van der Waals surface area (Å²) in [6.45, 7) is 2.14. The van der Waals surface area contributed by atoms with Crippen molar-refractivity contribution < 1.29 is 13.9 Å². The molecule has 0 fully saturated rings. The highest BCUT2D eigenvalue weighted by Gasteiger charge is 2.18. The van der Waals surface area contributed by atoms with Gasteiger partial charge < -0.3 is 13.9 Å². The molecule has 0 aliphatic carbocycles. The van der Waals surface area contributed by atoms with E-state index in [1.54, 1.807) is 24.4 Å². The Morgan fingerprint density at radius 1 is 1.06 bits per heavy atom. The van der Waals surface area contributed by atoms with Crippen molar-refractivity contribution >= 4 is 44.0 Å². The largest absolute Gasteiger partial charge is 0.454 e.